The number of hydrogen-bond acceptors (Lipinski definition) is 5. The van der Waals surface area contributed by atoms with Gasteiger partial charge in [0.1, 0.15) is 0 Å². The number of rotatable bonds is 3. The molecule has 1 aliphatic heterocycles. The van der Waals surface area contributed by atoms with Crippen LogP contribution in [0.25, 0.3) is 0 Å². The highest BCUT2D eigenvalue weighted by Crippen LogP contribution is 2.35. The summed E-state index contributed by atoms with van der Waals surface area (Å²) in [6.45, 7) is 6.21. The van der Waals surface area contributed by atoms with Gasteiger partial charge in [0.05, 0.1) is 15.6 Å². The molecule has 2 N–H and O–H groups in total. The lowest BCUT2D eigenvalue weighted by molar-refractivity contribution is 0.0993. The highest BCUT2D eigenvalue weighted by atomic mass is 32.2. The number of thioether (sulfide) groups is 1. The normalized spacial score (nSPS) is 20.6. The first-order valence-corrected chi connectivity index (χ1v) is 7.77. The van der Waals surface area contributed by atoms with Gasteiger partial charge in [-0.05, 0) is 6.07 Å². The Morgan fingerprint density at radius 1 is 1.65 bits per heavy atom. The van der Waals surface area contributed by atoms with E-state index < -0.39 is 0 Å². The van der Waals surface area contributed by atoms with Crippen molar-refractivity contribution in [2.45, 2.75) is 25.5 Å². The lowest BCUT2D eigenvalue weighted by atomic mass is 10.2. The Morgan fingerprint density at radius 2 is 2.41 bits per heavy atom. The first-order valence-electron chi connectivity index (χ1n) is 5.91. The molecule has 1 unspecified atom stereocenters. The minimum absolute atomic E-state index is 0.151. The van der Waals surface area contributed by atoms with E-state index in [1.54, 1.807) is 11.3 Å². The molecule has 17 heavy (non-hydrogen) atoms. The fourth-order valence-corrected chi connectivity index (χ4v) is 4.08. The minimum atomic E-state index is 0.151. The molecule has 2 rings (SSSR count). The van der Waals surface area contributed by atoms with Crippen LogP contribution in [0.3, 0.4) is 0 Å². The fraction of sp³-hybridized carbons (Fsp3) is 0.583. The molecule has 1 aromatic heterocycles. The second-order valence-electron chi connectivity index (χ2n) is 4.27. The third-order valence-corrected chi connectivity index (χ3v) is 5.26. The smallest absolute Gasteiger partial charge is 0.174 e. The molecule has 0 aromatic carbocycles. The van der Waals surface area contributed by atoms with E-state index in [4.69, 9.17) is 5.73 Å². The van der Waals surface area contributed by atoms with Crippen LogP contribution < -0.4 is 10.6 Å². The molecule has 2 heterocycles. The molecule has 1 aliphatic rings. The van der Waals surface area contributed by atoms with Gasteiger partial charge in [-0.2, -0.15) is 11.8 Å². The van der Waals surface area contributed by atoms with Crippen LogP contribution in [0.5, 0.6) is 0 Å². The van der Waals surface area contributed by atoms with Crippen molar-refractivity contribution >= 4 is 39.6 Å². The molecular weight excluding hydrogens is 252 g/mol. The van der Waals surface area contributed by atoms with Crippen molar-refractivity contribution in [2.75, 3.05) is 29.5 Å². The van der Waals surface area contributed by atoms with E-state index in [1.165, 1.54) is 0 Å². The summed E-state index contributed by atoms with van der Waals surface area (Å²) in [6.07, 6.45) is 0.524. The molecule has 0 amide bonds. The average molecular weight is 270 g/mol. The van der Waals surface area contributed by atoms with E-state index in [-0.39, 0.29) is 5.78 Å². The number of nitrogens with zero attached hydrogens (tertiary/aromatic N) is 1. The molecule has 3 nitrogen and oxygen atoms in total. The van der Waals surface area contributed by atoms with E-state index in [2.05, 4.69) is 11.8 Å². The van der Waals surface area contributed by atoms with Crippen LogP contribution in [-0.4, -0.2) is 29.9 Å². The molecule has 0 spiro atoms. The van der Waals surface area contributed by atoms with Crippen molar-refractivity contribution in [3.05, 3.63) is 10.9 Å². The molecule has 94 valence electrons. The molecule has 0 bridgehead atoms. The van der Waals surface area contributed by atoms with Gasteiger partial charge in [0.15, 0.2) is 5.78 Å². The molecule has 0 saturated carbocycles. The molecule has 1 saturated heterocycles. The van der Waals surface area contributed by atoms with Crippen molar-refractivity contribution in [1.82, 2.24) is 0 Å². The fourth-order valence-electron chi connectivity index (χ4n) is 1.94. The Balaban J connectivity index is 2.19. The largest absolute Gasteiger partial charge is 0.397 e. The number of Topliss-reactive ketones (excluding diaryl/α,β-unsaturated/α-hetero) is 1. The number of thiophene rings is 1. The quantitative estimate of drug-likeness (QED) is 0.858. The summed E-state index contributed by atoms with van der Waals surface area (Å²) in [6, 6.07) is 1.95. The van der Waals surface area contributed by atoms with Crippen LogP contribution in [0.4, 0.5) is 10.7 Å². The van der Waals surface area contributed by atoms with Crippen LogP contribution >= 0.6 is 23.1 Å². The predicted octanol–water partition coefficient (Wildman–Crippen LogP) is 2.86. The SMILES string of the molecule is CCC(=O)c1sc(N2CCSC(C)C2)cc1N. The van der Waals surface area contributed by atoms with Gasteiger partial charge < -0.3 is 10.6 Å². The topological polar surface area (TPSA) is 46.3 Å². The van der Waals surface area contributed by atoms with E-state index in [0.717, 1.165) is 28.7 Å². The van der Waals surface area contributed by atoms with Crippen molar-refractivity contribution in [3.8, 4) is 0 Å². The van der Waals surface area contributed by atoms with Crippen LogP contribution in [0.2, 0.25) is 0 Å². The number of nitrogens with two attached hydrogens (primary N) is 1. The van der Waals surface area contributed by atoms with E-state index in [0.29, 0.717) is 17.4 Å². The van der Waals surface area contributed by atoms with Gasteiger partial charge in [-0.25, -0.2) is 0 Å². The number of carbonyl (C=O) groups excluding carboxylic acids is 1. The van der Waals surface area contributed by atoms with Crippen molar-refractivity contribution in [1.29, 1.82) is 0 Å². The summed E-state index contributed by atoms with van der Waals surface area (Å²) in [5.74, 6) is 1.30. The van der Waals surface area contributed by atoms with Gasteiger partial charge in [-0.3, -0.25) is 4.79 Å². The third-order valence-electron chi connectivity index (χ3n) is 2.87. The molecular formula is C12H18N2OS2. The summed E-state index contributed by atoms with van der Waals surface area (Å²) < 4.78 is 0. The van der Waals surface area contributed by atoms with Crippen molar-refractivity contribution < 1.29 is 4.79 Å². The zero-order valence-corrected chi connectivity index (χ0v) is 11.9. The Morgan fingerprint density at radius 3 is 3.06 bits per heavy atom. The Hall–Kier alpha value is -0.680. The van der Waals surface area contributed by atoms with Gasteiger partial charge in [-0.1, -0.05) is 13.8 Å². The number of anilines is 2. The predicted molar refractivity (Wildman–Crippen MR) is 77.5 cm³/mol. The summed E-state index contributed by atoms with van der Waals surface area (Å²) in [5, 5.41) is 1.80. The summed E-state index contributed by atoms with van der Waals surface area (Å²) in [5.41, 5.74) is 6.56. The first-order chi connectivity index (χ1) is 8.11. The Bertz CT molecular complexity index is 417. The maximum absolute atomic E-state index is 11.7. The lowest BCUT2D eigenvalue weighted by Crippen LogP contribution is -2.36. The molecule has 1 aromatic rings. The van der Waals surface area contributed by atoms with Crippen LogP contribution in [0, 0.1) is 0 Å². The van der Waals surface area contributed by atoms with Gasteiger partial charge in [0.25, 0.3) is 0 Å². The average Bonchev–Trinajstić information content (AvgIpc) is 2.70. The standard InChI is InChI=1S/C12H18N2OS2/c1-3-10(15)12-9(13)6-11(17-12)14-4-5-16-8(2)7-14/h6,8H,3-5,7,13H2,1-2H3. The highest BCUT2D eigenvalue weighted by Gasteiger charge is 2.21. The summed E-state index contributed by atoms with van der Waals surface area (Å²) in [7, 11) is 0. The van der Waals surface area contributed by atoms with E-state index >= 15 is 0 Å². The maximum Gasteiger partial charge on any atom is 0.174 e. The number of carbonyl (C=O) groups is 1. The molecule has 5 heteroatoms. The Labute approximate surface area is 110 Å². The molecule has 0 radical (unpaired) electrons. The molecule has 1 fully saturated rings. The van der Waals surface area contributed by atoms with E-state index in [9.17, 15) is 4.79 Å². The van der Waals surface area contributed by atoms with Crippen LogP contribution in [0.1, 0.15) is 29.9 Å². The Kier molecular flexibility index (Phi) is 3.99. The van der Waals surface area contributed by atoms with Crippen LogP contribution in [0.15, 0.2) is 6.07 Å². The second-order valence-corrected chi connectivity index (χ2v) is 6.85. The van der Waals surface area contributed by atoms with Gasteiger partial charge in [-0.15, -0.1) is 11.3 Å². The van der Waals surface area contributed by atoms with Crippen molar-refractivity contribution in [3.63, 3.8) is 0 Å². The molecule has 0 aliphatic carbocycles. The lowest BCUT2D eigenvalue weighted by Gasteiger charge is -2.31. The third kappa shape index (κ3) is 2.77. The maximum atomic E-state index is 11.7. The minimum Gasteiger partial charge on any atom is -0.397 e. The highest BCUT2D eigenvalue weighted by molar-refractivity contribution is 8.00. The van der Waals surface area contributed by atoms with Crippen LogP contribution in [-0.2, 0) is 0 Å². The van der Waals surface area contributed by atoms with Crippen molar-refractivity contribution in [2.24, 2.45) is 0 Å². The number of ketones is 1. The number of nitrogen functional groups attached to an aromatic ring is 1. The monoisotopic (exact) mass is 270 g/mol. The zero-order chi connectivity index (χ0) is 12.4. The number of hydrogen-bond donors (Lipinski definition) is 1. The van der Waals surface area contributed by atoms with Gasteiger partial charge >= 0.3 is 0 Å². The van der Waals surface area contributed by atoms with Gasteiger partial charge in [0.2, 0.25) is 0 Å². The zero-order valence-electron chi connectivity index (χ0n) is 10.2. The van der Waals surface area contributed by atoms with Gasteiger partial charge in [0, 0.05) is 30.5 Å². The summed E-state index contributed by atoms with van der Waals surface area (Å²) >= 11 is 3.55. The summed E-state index contributed by atoms with van der Waals surface area (Å²) in [4.78, 5) is 14.8. The second kappa shape index (κ2) is 5.31. The van der Waals surface area contributed by atoms with E-state index in [1.807, 2.05) is 24.8 Å². The first kappa shape index (κ1) is 12.8. The molecule has 1 atom stereocenters.